The van der Waals surface area contributed by atoms with E-state index < -0.39 is 23.4 Å². The Bertz CT molecular complexity index is 1250. The highest BCUT2D eigenvalue weighted by atomic mass is 16.6. The Labute approximate surface area is 259 Å². The molecule has 1 saturated heterocycles. The molecule has 2 atom stereocenters. The van der Waals surface area contributed by atoms with Crippen molar-refractivity contribution in [1.82, 2.24) is 4.90 Å². The van der Waals surface area contributed by atoms with Crippen LogP contribution < -0.4 is 9.64 Å². The van der Waals surface area contributed by atoms with E-state index in [1.165, 1.54) is 0 Å². The van der Waals surface area contributed by atoms with Gasteiger partial charge >= 0.3 is 6.09 Å². The monoisotopic (exact) mass is 614 g/mol. The number of hydrogen-bond acceptors (Lipinski definition) is 9. The lowest BCUT2D eigenvalue weighted by molar-refractivity contribution is -0.154. The van der Waals surface area contributed by atoms with Gasteiger partial charge in [-0.25, -0.2) is 4.79 Å². The van der Waals surface area contributed by atoms with Gasteiger partial charge in [0.25, 0.3) is 5.91 Å². The highest BCUT2D eigenvalue weighted by Crippen LogP contribution is 2.37. The topological polar surface area (TPSA) is 116 Å². The minimum atomic E-state index is -1.35. The Morgan fingerprint density at radius 1 is 1.02 bits per heavy atom. The number of anilines is 1. The standard InChI is InChI=1S/C33H46N2O9/c1-32(2,3)44-31(37)34-15-13-33(38,26-10-7-24(8-11-26)21-41-18-17-40-5)29(20-34)43-22-25-9-12-28-27(19-25)35(14-6-16-39-4)30(36)23-42-28/h7-12,19,29,38H,6,13-18,20-23H2,1-5H3/t29-,33-/m0/s1. The quantitative estimate of drug-likeness (QED) is 0.334. The van der Waals surface area contributed by atoms with Crippen LogP contribution in [0.15, 0.2) is 42.5 Å². The van der Waals surface area contributed by atoms with Crippen molar-refractivity contribution in [2.45, 2.75) is 64.1 Å². The molecule has 11 nitrogen and oxygen atoms in total. The fourth-order valence-corrected chi connectivity index (χ4v) is 5.29. The van der Waals surface area contributed by atoms with Gasteiger partial charge in [0.1, 0.15) is 23.1 Å². The summed E-state index contributed by atoms with van der Waals surface area (Å²) in [7, 11) is 3.26. The Morgan fingerprint density at radius 2 is 1.75 bits per heavy atom. The van der Waals surface area contributed by atoms with Crippen LogP contribution in [0.2, 0.25) is 0 Å². The van der Waals surface area contributed by atoms with E-state index in [1.54, 1.807) is 24.0 Å². The highest BCUT2D eigenvalue weighted by Gasteiger charge is 2.45. The molecule has 2 aliphatic rings. The van der Waals surface area contributed by atoms with Gasteiger partial charge in [-0.3, -0.25) is 4.79 Å². The number of carbonyl (C=O) groups excluding carboxylic acids is 2. The van der Waals surface area contributed by atoms with Crippen LogP contribution in [0.4, 0.5) is 10.5 Å². The number of likely N-dealkylation sites (tertiary alicyclic amines) is 1. The molecule has 11 heteroatoms. The minimum Gasteiger partial charge on any atom is -0.482 e. The summed E-state index contributed by atoms with van der Waals surface area (Å²) >= 11 is 0. The second kappa shape index (κ2) is 15.2. The predicted octanol–water partition coefficient (Wildman–Crippen LogP) is 4.03. The second-order valence-corrected chi connectivity index (χ2v) is 12.1. The van der Waals surface area contributed by atoms with Crippen molar-refractivity contribution in [2.75, 3.05) is 65.2 Å². The number of amides is 2. The van der Waals surface area contributed by atoms with Crippen LogP contribution in [0.25, 0.3) is 0 Å². The zero-order valence-electron chi connectivity index (χ0n) is 26.5. The number of ether oxygens (including phenoxy) is 6. The smallest absolute Gasteiger partial charge is 0.410 e. The number of rotatable bonds is 13. The van der Waals surface area contributed by atoms with Gasteiger partial charge in [-0.05, 0) is 56.0 Å². The molecule has 242 valence electrons. The SMILES string of the molecule is COCCCN1C(=O)COc2ccc(CO[C@H]3CN(C(=O)OC(C)(C)C)CC[C@]3(O)c3ccc(COCCOC)cc3)cc21. The maximum atomic E-state index is 13.0. The van der Waals surface area contributed by atoms with Crippen molar-refractivity contribution in [3.8, 4) is 5.75 Å². The lowest BCUT2D eigenvalue weighted by Gasteiger charge is -2.44. The van der Waals surface area contributed by atoms with E-state index in [-0.39, 0.29) is 32.1 Å². The summed E-state index contributed by atoms with van der Waals surface area (Å²) in [5, 5.41) is 12.1. The van der Waals surface area contributed by atoms with Crippen LogP contribution in [0, 0.1) is 0 Å². The van der Waals surface area contributed by atoms with E-state index in [1.807, 2.05) is 63.2 Å². The molecule has 2 aliphatic heterocycles. The van der Waals surface area contributed by atoms with Crippen LogP contribution in [-0.4, -0.2) is 94.0 Å². The van der Waals surface area contributed by atoms with Gasteiger partial charge in [-0.1, -0.05) is 30.3 Å². The zero-order chi connectivity index (χ0) is 31.7. The van der Waals surface area contributed by atoms with Crippen LogP contribution >= 0.6 is 0 Å². The van der Waals surface area contributed by atoms with E-state index in [4.69, 9.17) is 28.4 Å². The Kier molecular flexibility index (Phi) is 11.6. The number of fused-ring (bicyclic) bond motifs is 1. The van der Waals surface area contributed by atoms with E-state index in [0.717, 1.165) is 11.1 Å². The van der Waals surface area contributed by atoms with Crippen molar-refractivity contribution >= 4 is 17.7 Å². The predicted molar refractivity (Wildman–Crippen MR) is 164 cm³/mol. The third kappa shape index (κ3) is 8.70. The average Bonchev–Trinajstić information content (AvgIpc) is 2.99. The van der Waals surface area contributed by atoms with Gasteiger partial charge in [0.2, 0.25) is 0 Å². The second-order valence-electron chi connectivity index (χ2n) is 12.1. The summed E-state index contributed by atoms with van der Waals surface area (Å²) in [5.74, 6) is 0.510. The normalized spacial score (nSPS) is 20.3. The summed E-state index contributed by atoms with van der Waals surface area (Å²) in [4.78, 5) is 28.9. The van der Waals surface area contributed by atoms with Crippen molar-refractivity contribution < 1.29 is 43.1 Å². The molecular weight excluding hydrogens is 568 g/mol. The summed E-state index contributed by atoms with van der Waals surface area (Å²) in [6, 6.07) is 13.2. The van der Waals surface area contributed by atoms with Gasteiger partial charge in [-0.15, -0.1) is 0 Å². The third-order valence-corrected chi connectivity index (χ3v) is 7.64. The maximum absolute atomic E-state index is 13.0. The number of methoxy groups -OCH3 is 2. The molecule has 44 heavy (non-hydrogen) atoms. The molecule has 0 spiro atoms. The van der Waals surface area contributed by atoms with Gasteiger partial charge in [0, 0.05) is 40.3 Å². The molecule has 0 aromatic heterocycles. The van der Waals surface area contributed by atoms with E-state index >= 15 is 0 Å². The number of hydrogen-bond donors (Lipinski definition) is 1. The average molecular weight is 615 g/mol. The van der Waals surface area contributed by atoms with Gasteiger partial charge in [0.15, 0.2) is 6.61 Å². The molecule has 0 radical (unpaired) electrons. The van der Waals surface area contributed by atoms with Gasteiger partial charge < -0.3 is 43.3 Å². The van der Waals surface area contributed by atoms with Gasteiger partial charge in [-0.2, -0.15) is 0 Å². The van der Waals surface area contributed by atoms with Crippen molar-refractivity contribution in [3.05, 3.63) is 59.2 Å². The first-order valence-electron chi connectivity index (χ1n) is 15.1. The maximum Gasteiger partial charge on any atom is 0.410 e. The largest absolute Gasteiger partial charge is 0.482 e. The number of benzene rings is 2. The number of aliphatic hydroxyl groups is 1. The molecule has 2 aromatic rings. The van der Waals surface area contributed by atoms with Crippen LogP contribution in [-0.2, 0) is 47.3 Å². The molecule has 2 heterocycles. The molecular formula is C33H46N2O9. The molecule has 1 fully saturated rings. The minimum absolute atomic E-state index is 0.0104. The first-order chi connectivity index (χ1) is 21.0. The molecule has 2 aromatic carbocycles. The van der Waals surface area contributed by atoms with Crippen molar-refractivity contribution in [2.24, 2.45) is 0 Å². The Balaban J connectivity index is 1.53. The fourth-order valence-electron chi connectivity index (χ4n) is 5.29. The fraction of sp³-hybridized carbons (Fsp3) is 0.576. The molecule has 0 bridgehead atoms. The Hall–Kier alpha value is -3.22. The van der Waals surface area contributed by atoms with E-state index in [0.29, 0.717) is 62.9 Å². The van der Waals surface area contributed by atoms with E-state index in [2.05, 4.69) is 0 Å². The lowest BCUT2D eigenvalue weighted by Crippen LogP contribution is -2.56. The zero-order valence-corrected chi connectivity index (χ0v) is 26.5. The van der Waals surface area contributed by atoms with Crippen molar-refractivity contribution in [1.29, 1.82) is 0 Å². The summed E-state index contributed by atoms with van der Waals surface area (Å²) < 4.78 is 33.5. The molecule has 0 aliphatic carbocycles. The molecule has 0 unspecified atom stereocenters. The highest BCUT2D eigenvalue weighted by molar-refractivity contribution is 5.97. The molecule has 2 amide bonds. The van der Waals surface area contributed by atoms with Crippen LogP contribution in [0.1, 0.15) is 50.3 Å². The number of nitrogens with zero attached hydrogens (tertiary/aromatic N) is 2. The first-order valence-corrected chi connectivity index (χ1v) is 15.1. The molecule has 1 N–H and O–H groups in total. The first kappa shape index (κ1) is 33.7. The number of piperidine rings is 1. The van der Waals surface area contributed by atoms with Crippen LogP contribution in [0.3, 0.4) is 0 Å². The summed E-state index contributed by atoms with van der Waals surface area (Å²) in [6.45, 7) is 8.54. The lowest BCUT2D eigenvalue weighted by atomic mass is 9.81. The number of carbonyl (C=O) groups is 2. The van der Waals surface area contributed by atoms with Gasteiger partial charge in [0.05, 0.1) is 38.7 Å². The van der Waals surface area contributed by atoms with E-state index in [9.17, 15) is 14.7 Å². The van der Waals surface area contributed by atoms with Crippen molar-refractivity contribution in [3.63, 3.8) is 0 Å². The molecule has 4 rings (SSSR count). The third-order valence-electron chi connectivity index (χ3n) is 7.64. The molecule has 0 saturated carbocycles. The Morgan fingerprint density at radius 3 is 2.45 bits per heavy atom. The van der Waals surface area contributed by atoms with Crippen LogP contribution in [0.5, 0.6) is 5.75 Å². The summed E-state index contributed by atoms with van der Waals surface area (Å²) in [6.07, 6.45) is -0.247. The summed E-state index contributed by atoms with van der Waals surface area (Å²) in [5.41, 5.74) is 1.14.